The number of anilines is 1. The van der Waals surface area contributed by atoms with Gasteiger partial charge in [0, 0.05) is 18.3 Å². The molecule has 0 bridgehead atoms. The fourth-order valence-electron chi connectivity index (χ4n) is 1.46. The van der Waals surface area contributed by atoms with Crippen LogP contribution in [0.2, 0.25) is 0 Å². The van der Waals surface area contributed by atoms with Gasteiger partial charge in [0.25, 0.3) is 0 Å². The molecule has 0 aliphatic carbocycles. The van der Waals surface area contributed by atoms with Crippen molar-refractivity contribution in [1.82, 2.24) is 9.97 Å². The molecule has 0 amide bonds. The Morgan fingerprint density at radius 1 is 1.18 bits per heavy atom. The first-order valence-electron chi connectivity index (χ1n) is 5.66. The minimum Gasteiger partial charge on any atom is -0.508 e. The van der Waals surface area contributed by atoms with Gasteiger partial charge in [-0.05, 0) is 36.8 Å². The minimum absolute atomic E-state index is 0.244. The predicted molar refractivity (Wildman–Crippen MR) is 67.9 cm³/mol. The summed E-state index contributed by atoms with van der Waals surface area (Å²) in [5, 5.41) is 12.4. The molecule has 0 radical (unpaired) electrons. The second-order valence-electron chi connectivity index (χ2n) is 3.74. The van der Waals surface area contributed by atoms with Crippen LogP contribution in [0.1, 0.15) is 13.3 Å². The van der Waals surface area contributed by atoms with Crippen LogP contribution in [-0.4, -0.2) is 21.6 Å². The van der Waals surface area contributed by atoms with Crippen LogP contribution >= 0.6 is 0 Å². The molecule has 0 spiro atoms. The van der Waals surface area contributed by atoms with Gasteiger partial charge in [-0.2, -0.15) is 0 Å². The van der Waals surface area contributed by atoms with Crippen LogP contribution in [-0.2, 0) is 0 Å². The molecule has 0 aliphatic rings. The Morgan fingerprint density at radius 3 is 2.65 bits per heavy atom. The van der Waals surface area contributed by atoms with Crippen LogP contribution in [0.4, 0.5) is 5.82 Å². The monoisotopic (exact) mass is 229 g/mol. The summed E-state index contributed by atoms with van der Waals surface area (Å²) in [4.78, 5) is 8.62. The summed E-state index contributed by atoms with van der Waals surface area (Å²) < 4.78 is 0. The highest BCUT2D eigenvalue weighted by molar-refractivity contribution is 5.57. The molecule has 17 heavy (non-hydrogen) atoms. The minimum atomic E-state index is 0.244. The van der Waals surface area contributed by atoms with Crippen LogP contribution in [0.3, 0.4) is 0 Å². The third-order valence-corrected chi connectivity index (χ3v) is 2.34. The molecule has 0 unspecified atom stereocenters. The van der Waals surface area contributed by atoms with Crippen molar-refractivity contribution in [2.75, 3.05) is 11.9 Å². The lowest BCUT2D eigenvalue weighted by molar-refractivity contribution is 0.475. The lowest BCUT2D eigenvalue weighted by Gasteiger charge is -2.05. The lowest BCUT2D eigenvalue weighted by Crippen LogP contribution is -2.02. The second kappa shape index (κ2) is 5.30. The van der Waals surface area contributed by atoms with E-state index in [2.05, 4.69) is 22.2 Å². The van der Waals surface area contributed by atoms with Crippen molar-refractivity contribution < 1.29 is 5.11 Å². The van der Waals surface area contributed by atoms with Gasteiger partial charge in [0.2, 0.25) is 0 Å². The highest BCUT2D eigenvalue weighted by atomic mass is 16.3. The van der Waals surface area contributed by atoms with Gasteiger partial charge in [-0.3, -0.25) is 0 Å². The van der Waals surface area contributed by atoms with Gasteiger partial charge in [0.1, 0.15) is 11.6 Å². The number of hydrogen-bond donors (Lipinski definition) is 2. The quantitative estimate of drug-likeness (QED) is 0.846. The fourth-order valence-corrected chi connectivity index (χ4v) is 1.46. The standard InChI is InChI=1S/C13H15N3O/c1-2-8-14-12-7-9-15-13(16-12)10-3-5-11(17)6-4-10/h3-7,9,17H,2,8H2,1H3,(H,14,15,16). The summed E-state index contributed by atoms with van der Waals surface area (Å²) >= 11 is 0. The van der Waals surface area contributed by atoms with Crippen molar-refractivity contribution >= 4 is 5.82 Å². The van der Waals surface area contributed by atoms with Crippen LogP contribution in [0.25, 0.3) is 11.4 Å². The molecule has 2 aromatic rings. The molecule has 0 fully saturated rings. The molecule has 0 aliphatic heterocycles. The van der Waals surface area contributed by atoms with Gasteiger partial charge < -0.3 is 10.4 Å². The zero-order chi connectivity index (χ0) is 12.1. The number of hydrogen-bond acceptors (Lipinski definition) is 4. The average Bonchev–Trinajstić information content (AvgIpc) is 2.37. The molecule has 0 saturated heterocycles. The summed E-state index contributed by atoms with van der Waals surface area (Å²) in [5.74, 6) is 1.73. The third-order valence-electron chi connectivity index (χ3n) is 2.34. The van der Waals surface area contributed by atoms with E-state index < -0.39 is 0 Å². The zero-order valence-electron chi connectivity index (χ0n) is 9.72. The van der Waals surface area contributed by atoms with E-state index in [9.17, 15) is 5.11 Å². The Bertz CT molecular complexity index is 482. The zero-order valence-corrected chi connectivity index (χ0v) is 9.72. The molecule has 2 rings (SSSR count). The fraction of sp³-hybridized carbons (Fsp3) is 0.231. The van der Waals surface area contributed by atoms with E-state index in [1.54, 1.807) is 30.5 Å². The smallest absolute Gasteiger partial charge is 0.161 e. The van der Waals surface area contributed by atoms with Crippen molar-refractivity contribution in [3.63, 3.8) is 0 Å². The van der Waals surface area contributed by atoms with Gasteiger partial charge in [0.15, 0.2) is 5.82 Å². The molecule has 4 heteroatoms. The van der Waals surface area contributed by atoms with Crippen molar-refractivity contribution in [2.45, 2.75) is 13.3 Å². The number of nitrogens with one attached hydrogen (secondary N) is 1. The Morgan fingerprint density at radius 2 is 1.94 bits per heavy atom. The average molecular weight is 229 g/mol. The van der Waals surface area contributed by atoms with E-state index in [1.807, 2.05) is 6.07 Å². The summed E-state index contributed by atoms with van der Waals surface area (Å²) in [6.45, 7) is 3.00. The SMILES string of the molecule is CCCNc1ccnc(-c2ccc(O)cc2)n1. The number of nitrogens with zero attached hydrogens (tertiary/aromatic N) is 2. The van der Waals surface area contributed by atoms with Crippen molar-refractivity contribution in [2.24, 2.45) is 0 Å². The van der Waals surface area contributed by atoms with Crippen LogP contribution in [0.5, 0.6) is 5.75 Å². The Balaban J connectivity index is 2.23. The predicted octanol–water partition coefficient (Wildman–Crippen LogP) is 2.67. The molecule has 4 nitrogen and oxygen atoms in total. The first-order valence-corrected chi connectivity index (χ1v) is 5.66. The van der Waals surface area contributed by atoms with E-state index >= 15 is 0 Å². The van der Waals surface area contributed by atoms with E-state index in [-0.39, 0.29) is 5.75 Å². The first-order chi connectivity index (χ1) is 8.29. The topological polar surface area (TPSA) is 58.0 Å². The van der Waals surface area contributed by atoms with E-state index in [4.69, 9.17) is 0 Å². The molecular weight excluding hydrogens is 214 g/mol. The number of aromatic hydroxyl groups is 1. The molecule has 1 aromatic carbocycles. The summed E-state index contributed by atoms with van der Waals surface area (Å²) in [6.07, 6.45) is 2.78. The van der Waals surface area contributed by atoms with Crippen LogP contribution < -0.4 is 5.32 Å². The maximum Gasteiger partial charge on any atom is 0.161 e. The molecule has 88 valence electrons. The maximum atomic E-state index is 9.22. The van der Waals surface area contributed by atoms with Gasteiger partial charge in [-0.15, -0.1) is 0 Å². The van der Waals surface area contributed by atoms with Gasteiger partial charge >= 0.3 is 0 Å². The largest absolute Gasteiger partial charge is 0.508 e. The highest BCUT2D eigenvalue weighted by Gasteiger charge is 2.02. The molecule has 1 heterocycles. The Hall–Kier alpha value is -2.10. The van der Waals surface area contributed by atoms with E-state index in [0.717, 1.165) is 24.3 Å². The van der Waals surface area contributed by atoms with Gasteiger partial charge in [-0.1, -0.05) is 6.92 Å². The molecule has 2 N–H and O–H groups in total. The normalized spacial score (nSPS) is 10.2. The molecular formula is C13H15N3O. The van der Waals surface area contributed by atoms with Gasteiger partial charge in [-0.25, -0.2) is 9.97 Å². The van der Waals surface area contributed by atoms with Gasteiger partial charge in [0.05, 0.1) is 0 Å². The van der Waals surface area contributed by atoms with Crippen molar-refractivity contribution in [1.29, 1.82) is 0 Å². The number of aromatic nitrogens is 2. The molecule has 0 saturated carbocycles. The summed E-state index contributed by atoms with van der Waals surface area (Å²) in [6, 6.07) is 8.71. The van der Waals surface area contributed by atoms with Crippen LogP contribution in [0.15, 0.2) is 36.5 Å². The summed E-state index contributed by atoms with van der Waals surface area (Å²) in [5.41, 5.74) is 0.892. The summed E-state index contributed by atoms with van der Waals surface area (Å²) in [7, 11) is 0. The van der Waals surface area contributed by atoms with Crippen molar-refractivity contribution in [3.8, 4) is 17.1 Å². The first kappa shape index (κ1) is 11.4. The highest BCUT2D eigenvalue weighted by Crippen LogP contribution is 2.19. The Kier molecular flexibility index (Phi) is 3.55. The third kappa shape index (κ3) is 2.93. The number of benzene rings is 1. The lowest BCUT2D eigenvalue weighted by atomic mass is 10.2. The van der Waals surface area contributed by atoms with E-state index in [0.29, 0.717) is 5.82 Å². The maximum absolute atomic E-state index is 9.22. The molecule has 1 aromatic heterocycles. The second-order valence-corrected chi connectivity index (χ2v) is 3.74. The van der Waals surface area contributed by atoms with E-state index in [1.165, 1.54) is 0 Å². The molecule has 0 atom stereocenters. The number of rotatable bonds is 4. The van der Waals surface area contributed by atoms with Crippen molar-refractivity contribution in [3.05, 3.63) is 36.5 Å². The number of phenolic OH excluding ortho intramolecular Hbond substituents is 1. The number of phenols is 1. The van der Waals surface area contributed by atoms with Crippen LogP contribution in [0, 0.1) is 0 Å². The Labute approximate surface area is 100 Å².